The van der Waals surface area contributed by atoms with Gasteiger partial charge in [0.2, 0.25) is 5.91 Å². The van der Waals surface area contributed by atoms with Gasteiger partial charge in [-0.3, -0.25) is 4.79 Å². The molecule has 2 aromatic carbocycles. The number of nitrogens with zero attached hydrogens (tertiary/aromatic N) is 1. The normalized spacial score (nSPS) is 12.7. The largest absolute Gasteiger partial charge is 0.459 e. The quantitative estimate of drug-likeness (QED) is 0.406. The maximum Gasteiger partial charge on any atom is 0.329 e. The molecule has 0 bridgehead atoms. The van der Waals surface area contributed by atoms with Crippen molar-refractivity contribution in [2.45, 2.75) is 25.3 Å². The molecule has 2 rings (SSSR count). The fourth-order valence-electron chi connectivity index (χ4n) is 2.58. The van der Waals surface area contributed by atoms with E-state index in [-0.39, 0.29) is 18.4 Å². The number of amides is 1. The maximum atomic E-state index is 12.7. The number of rotatable bonds is 11. The fraction of sp³-hybridized carbons (Fsp3) is 0.391. The Balaban J connectivity index is 1.94. The zero-order chi connectivity index (χ0) is 21.9. The summed E-state index contributed by atoms with van der Waals surface area (Å²) < 4.78 is 5.46. The maximum absolute atomic E-state index is 12.7. The predicted molar refractivity (Wildman–Crippen MR) is 128 cm³/mol. The van der Waals surface area contributed by atoms with E-state index in [9.17, 15) is 9.59 Å². The third kappa shape index (κ3) is 7.95. The van der Waals surface area contributed by atoms with Crippen LogP contribution in [0.25, 0.3) is 0 Å². The number of thiol groups is 1. The van der Waals surface area contributed by atoms with Crippen LogP contribution in [0, 0.1) is 5.92 Å². The molecule has 1 amide bonds. The first kappa shape index (κ1) is 24.2. The Morgan fingerprint density at radius 2 is 1.73 bits per heavy atom. The van der Waals surface area contributed by atoms with E-state index in [1.807, 2.05) is 49.3 Å². The molecule has 0 aliphatic rings. The van der Waals surface area contributed by atoms with Crippen LogP contribution in [0.2, 0.25) is 0 Å². The Bertz CT molecular complexity index is 798. The van der Waals surface area contributed by atoms with Crippen molar-refractivity contribution < 1.29 is 14.3 Å². The summed E-state index contributed by atoms with van der Waals surface area (Å²) in [4.78, 5) is 27.0. The summed E-state index contributed by atoms with van der Waals surface area (Å²) in [6, 6.07) is 17.1. The minimum absolute atomic E-state index is 0.185. The number of hydrogen-bond acceptors (Lipinski definition) is 6. The molecule has 162 valence electrons. The van der Waals surface area contributed by atoms with Gasteiger partial charge >= 0.3 is 5.97 Å². The van der Waals surface area contributed by atoms with Gasteiger partial charge in [0.25, 0.3) is 0 Å². The SMILES string of the molecule is C[C@H](CS)C(=O)N[C@@H](CSCc1ccc(N(C)C)cc1)C(=O)OCc1ccccc1. The minimum atomic E-state index is -0.699. The van der Waals surface area contributed by atoms with Crippen LogP contribution in [0.3, 0.4) is 0 Å². The Kier molecular flexibility index (Phi) is 10.1. The number of thioether (sulfide) groups is 1. The van der Waals surface area contributed by atoms with Gasteiger partial charge in [-0.2, -0.15) is 24.4 Å². The van der Waals surface area contributed by atoms with E-state index in [1.165, 1.54) is 0 Å². The van der Waals surface area contributed by atoms with Gasteiger partial charge in [0, 0.05) is 43.0 Å². The fourth-order valence-corrected chi connectivity index (χ4v) is 3.75. The zero-order valence-electron chi connectivity index (χ0n) is 17.7. The number of nitrogens with one attached hydrogen (secondary N) is 1. The van der Waals surface area contributed by atoms with Crippen molar-refractivity contribution in [1.82, 2.24) is 5.32 Å². The molecule has 0 heterocycles. The van der Waals surface area contributed by atoms with Gasteiger partial charge in [0.05, 0.1) is 0 Å². The molecule has 7 heteroatoms. The van der Waals surface area contributed by atoms with Crippen molar-refractivity contribution >= 4 is 42.0 Å². The molecule has 0 fully saturated rings. The highest BCUT2D eigenvalue weighted by atomic mass is 32.2. The second-order valence-electron chi connectivity index (χ2n) is 7.31. The van der Waals surface area contributed by atoms with Crippen molar-refractivity contribution in [3.8, 4) is 0 Å². The summed E-state index contributed by atoms with van der Waals surface area (Å²) in [5.41, 5.74) is 3.21. The number of esters is 1. The molecule has 0 spiro atoms. The lowest BCUT2D eigenvalue weighted by atomic mass is 10.2. The lowest BCUT2D eigenvalue weighted by molar-refractivity contribution is -0.148. The van der Waals surface area contributed by atoms with E-state index in [2.05, 4.69) is 42.2 Å². The Morgan fingerprint density at radius 1 is 1.07 bits per heavy atom. The molecule has 0 radical (unpaired) electrons. The molecule has 2 aromatic rings. The summed E-state index contributed by atoms with van der Waals surface area (Å²) in [6.45, 7) is 1.97. The van der Waals surface area contributed by atoms with Gasteiger partial charge in [0.15, 0.2) is 0 Å². The highest BCUT2D eigenvalue weighted by Gasteiger charge is 2.24. The summed E-state index contributed by atoms with van der Waals surface area (Å²) in [7, 11) is 4.01. The van der Waals surface area contributed by atoms with Gasteiger partial charge < -0.3 is 15.0 Å². The van der Waals surface area contributed by atoms with Crippen LogP contribution in [0.4, 0.5) is 5.69 Å². The average Bonchev–Trinajstić information content (AvgIpc) is 2.77. The molecule has 0 saturated carbocycles. The number of anilines is 1. The Hall–Kier alpha value is -2.12. The molecular weight excluding hydrogens is 416 g/mol. The summed E-state index contributed by atoms with van der Waals surface area (Å²) in [5, 5.41) is 2.82. The van der Waals surface area contributed by atoms with Crippen molar-refractivity contribution in [2.75, 3.05) is 30.5 Å². The smallest absolute Gasteiger partial charge is 0.329 e. The zero-order valence-corrected chi connectivity index (χ0v) is 19.4. The summed E-state index contributed by atoms with van der Waals surface area (Å²) in [6.07, 6.45) is 0. The second kappa shape index (κ2) is 12.5. The molecule has 0 aliphatic heterocycles. The van der Waals surface area contributed by atoms with Crippen LogP contribution in [0.5, 0.6) is 0 Å². The second-order valence-corrected chi connectivity index (χ2v) is 8.71. The van der Waals surface area contributed by atoms with E-state index < -0.39 is 12.0 Å². The monoisotopic (exact) mass is 446 g/mol. The first-order chi connectivity index (χ1) is 14.4. The van der Waals surface area contributed by atoms with Crippen LogP contribution >= 0.6 is 24.4 Å². The van der Waals surface area contributed by atoms with E-state index >= 15 is 0 Å². The van der Waals surface area contributed by atoms with Crippen LogP contribution in [-0.2, 0) is 26.7 Å². The molecule has 1 N–H and O–H groups in total. The highest BCUT2D eigenvalue weighted by Crippen LogP contribution is 2.18. The number of hydrogen-bond donors (Lipinski definition) is 2. The molecule has 0 aliphatic carbocycles. The topological polar surface area (TPSA) is 58.6 Å². The van der Waals surface area contributed by atoms with E-state index in [1.54, 1.807) is 18.7 Å². The van der Waals surface area contributed by atoms with Crippen LogP contribution in [-0.4, -0.2) is 43.5 Å². The van der Waals surface area contributed by atoms with Gasteiger partial charge in [-0.15, -0.1) is 0 Å². The molecule has 0 unspecified atom stereocenters. The first-order valence-corrected chi connectivity index (χ1v) is 11.6. The van der Waals surface area contributed by atoms with Gasteiger partial charge in [-0.25, -0.2) is 4.79 Å². The first-order valence-electron chi connectivity index (χ1n) is 9.86. The predicted octanol–water partition coefficient (Wildman–Crippen LogP) is 3.78. The third-order valence-electron chi connectivity index (χ3n) is 4.55. The van der Waals surface area contributed by atoms with Crippen molar-refractivity contribution in [2.24, 2.45) is 5.92 Å². The number of ether oxygens (including phenoxy) is 1. The minimum Gasteiger partial charge on any atom is -0.459 e. The van der Waals surface area contributed by atoms with Gasteiger partial charge in [-0.05, 0) is 23.3 Å². The standard InChI is InChI=1S/C23H30N2O3S2/c1-17(14-29)22(26)24-21(23(27)28-13-18-7-5-4-6-8-18)16-30-15-19-9-11-20(12-10-19)25(2)3/h4-12,17,21,29H,13-16H2,1-3H3,(H,24,26)/t17-,21+/m1/s1. The highest BCUT2D eigenvalue weighted by molar-refractivity contribution is 7.98. The van der Waals surface area contributed by atoms with Crippen molar-refractivity contribution in [3.05, 3.63) is 65.7 Å². The Morgan fingerprint density at radius 3 is 2.33 bits per heavy atom. The summed E-state index contributed by atoms with van der Waals surface area (Å²) >= 11 is 5.77. The molecule has 2 atom stereocenters. The molecule has 0 saturated heterocycles. The molecular formula is C23H30N2O3S2. The number of carbonyl (C=O) groups excluding carboxylic acids is 2. The van der Waals surface area contributed by atoms with Crippen LogP contribution in [0.15, 0.2) is 54.6 Å². The number of benzene rings is 2. The summed E-state index contributed by atoms with van der Waals surface area (Å²) in [5.74, 6) is 0.712. The molecule has 30 heavy (non-hydrogen) atoms. The van der Waals surface area contributed by atoms with Crippen LogP contribution < -0.4 is 10.2 Å². The average molecular weight is 447 g/mol. The third-order valence-corrected chi connectivity index (χ3v) is 6.21. The van der Waals surface area contributed by atoms with Gasteiger partial charge in [-0.1, -0.05) is 49.4 Å². The van der Waals surface area contributed by atoms with E-state index in [4.69, 9.17) is 4.74 Å². The van der Waals surface area contributed by atoms with Gasteiger partial charge in [0.1, 0.15) is 12.6 Å². The number of carbonyl (C=O) groups is 2. The lowest BCUT2D eigenvalue weighted by Gasteiger charge is -2.19. The molecule has 0 aromatic heterocycles. The Labute approximate surface area is 189 Å². The van der Waals surface area contributed by atoms with Crippen LogP contribution in [0.1, 0.15) is 18.1 Å². The molecule has 5 nitrogen and oxygen atoms in total. The van der Waals surface area contributed by atoms with E-state index in [0.717, 1.165) is 22.6 Å². The van der Waals surface area contributed by atoms with Crippen molar-refractivity contribution in [3.63, 3.8) is 0 Å². The van der Waals surface area contributed by atoms with E-state index in [0.29, 0.717) is 11.5 Å². The van der Waals surface area contributed by atoms with Crippen molar-refractivity contribution in [1.29, 1.82) is 0 Å². The lowest BCUT2D eigenvalue weighted by Crippen LogP contribution is -2.45.